The minimum atomic E-state index is -0.972. The number of hydrogen-bond donors (Lipinski definition) is 2. The minimum Gasteiger partial charge on any atom is -0.464 e. The number of nitrogens with one attached hydrogen (secondary N) is 2. The molecule has 2 aromatic heterocycles. The number of hydrogen-bond acceptors (Lipinski definition) is 7. The van der Waals surface area contributed by atoms with Crippen LogP contribution in [0.1, 0.15) is 49.7 Å². The fourth-order valence-electron chi connectivity index (χ4n) is 4.28. The van der Waals surface area contributed by atoms with Gasteiger partial charge in [-0.3, -0.25) is 19.3 Å². The summed E-state index contributed by atoms with van der Waals surface area (Å²) in [7, 11) is 0. The van der Waals surface area contributed by atoms with Gasteiger partial charge in [0.2, 0.25) is 11.8 Å². The smallest absolute Gasteiger partial charge is 0.251 e. The lowest BCUT2D eigenvalue weighted by molar-refractivity contribution is -0.127. The van der Waals surface area contributed by atoms with Crippen LogP contribution in [0.5, 0.6) is 0 Å². The zero-order valence-electron chi connectivity index (χ0n) is 20.1. The Bertz CT molecular complexity index is 1140. The summed E-state index contributed by atoms with van der Waals surface area (Å²) in [5.41, 5.74) is 0.577. The Hall–Kier alpha value is -3.53. The normalized spacial score (nSPS) is 14.7. The number of anilines is 2. The van der Waals surface area contributed by atoms with Crippen LogP contribution in [-0.4, -0.2) is 40.4 Å². The van der Waals surface area contributed by atoms with Gasteiger partial charge in [0, 0.05) is 17.8 Å². The molecule has 1 atom stereocenters. The number of carbonyl (C=O) groups excluding carboxylic acids is 3. The van der Waals surface area contributed by atoms with E-state index >= 15 is 0 Å². The van der Waals surface area contributed by atoms with Crippen molar-refractivity contribution in [2.75, 3.05) is 21.7 Å². The van der Waals surface area contributed by atoms with Crippen molar-refractivity contribution in [1.82, 2.24) is 10.5 Å². The third-order valence-corrected chi connectivity index (χ3v) is 6.87. The van der Waals surface area contributed by atoms with Gasteiger partial charge in [-0.25, -0.2) is 0 Å². The quantitative estimate of drug-likeness (QED) is 0.413. The first kappa shape index (κ1) is 25.6. The molecule has 0 bridgehead atoms. The summed E-state index contributed by atoms with van der Waals surface area (Å²) >= 11 is 1.16. The van der Waals surface area contributed by atoms with E-state index in [0.717, 1.165) is 37.4 Å². The van der Waals surface area contributed by atoms with Crippen molar-refractivity contribution < 1.29 is 23.3 Å². The van der Waals surface area contributed by atoms with Gasteiger partial charge < -0.3 is 19.6 Å². The molecular weight excluding hydrogens is 480 g/mol. The lowest BCUT2D eigenvalue weighted by atomic mass is 9.95. The zero-order chi connectivity index (χ0) is 25.3. The highest BCUT2D eigenvalue weighted by molar-refractivity contribution is 8.00. The van der Waals surface area contributed by atoms with Crippen molar-refractivity contribution in [2.45, 2.75) is 51.1 Å². The van der Waals surface area contributed by atoms with Gasteiger partial charge in [-0.05, 0) is 44.0 Å². The SMILES string of the molecule is Cc1ccc(C(C(=O)NC2CCCCC2)N(C(=O)CSCC(=O)Nc2ccon2)c2ccccc2)o1. The van der Waals surface area contributed by atoms with Crippen LogP contribution in [0.15, 0.2) is 63.7 Å². The number of furan rings is 1. The molecule has 9 nitrogen and oxygen atoms in total. The molecule has 36 heavy (non-hydrogen) atoms. The lowest BCUT2D eigenvalue weighted by Gasteiger charge is -2.32. The van der Waals surface area contributed by atoms with Gasteiger partial charge >= 0.3 is 0 Å². The average molecular weight is 511 g/mol. The summed E-state index contributed by atoms with van der Waals surface area (Å²) < 4.78 is 10.6. The Kier molecular flexibility index (Phi) is 8.83. The Labute approximate surface area is 214 Å². The van der Waals surface area contributed by atoms with Crippen molar-refractivity contribution in [2.24, 2.45) is 0 Å². The highest BCUT2D eigenvalue weighted by Crippen LogP contribution is 2.31. The number of amides is 3. The van der Waals surface area contributed by atoms with E-state index in [9.17, 15) is 14.4 Å². The molecule has 0 aliphatic heterocycles. The first-order chi connectivity index (χ1) is 17.5. The maximum absolute atomic E-state index is 13.6. The number of benzene rings is 1. The number of rotatable bonds is 10. The fraction of sp³-hybridized carbons (Fsp3) is 0.385. The minimum absolute atomic E-state index is 0.00592. The van der Waals surface area contributed by atoms with Crippen LogP contribution >= 0.6 is 11.8 Å². The van der Waals surface area contributed by atoms with Gasteiger partial charge in [0.05, 0.1) is 11.5 Å². The summed E-state index contributed by atoms with van der Waals surface area (Å²) in [5.74, 6) is 0.507. The Morgan fingerprint density at radius 1 is 1.06 bits per heavy atom. The first-order valence-corrected chi connectivity index (χ1v) is 13.2. The highest BCUT2D eigenvalue weighted by Gasteiger charge is 2.36. The molecule has 3 amide bonds. The molecule has 1 aromatic carbocycles. The molecule has 1 unspecified atom stereocenters. The van der Waals surface area contributed by atoms with E-state index in [0.29, 0.717) is 23.0 Å². The lowest BCUT2D eigenvalue weighted by Crippen LogP contribution is -2.47. The second-order valence-corrected chi connectivity index (χ2v) is 9.71. The van der Waals surface area contributed by atoms with E-state index in [1.807, 2.05) is 18.2 Å². The zero-order valence-corrected chi connectivity index (χ0v) is 21.0. The third-order valence-electron chi connectivity index (χ3n) is 5.96. The fourth-order valence-corrected chi connectivity index (χ4v) is 4.96. The van der Waals surface area contributed by atoms with Gasteiger partial charge in [0.15, 0.2) is 11.9 Å². The molecule has 10 heteroatoms. The van der Waals surface area contributed by atoms with E-state index in [-0.39, 0.29) is 35.3 Å². The van der Waals surface area contributed by atoms with Crippen LogP contribution < -0.4 is 15.5 Å². The topological polar surface area (TPSA) is 118 Å². The maximum Gasteiger partial charge on any atom is 0.251 e. The van der Waals surface area contributed by atoms with Crippen molar-refractivity contribution in [3.8, 4) is 0 Å². The predicted octanol–water partition coefficient (Wildman–Crippen LogP) is 4.47. The Morgan fingerprint density at radius 3 is 2.50 bits per heavy atom. The van der Waals surface area contributed by atoms with E-state index in [1.54, 1.807) is 31.2 Å². The number of nitrogens with zero attached hydrogens (tertiary/aromatic N) is 2. The van der Waals surface area contributed by atoms with Gasteiger partial charge in [-0.1, -0.05) is 42.6 Å². The number of para-hydroxylation sites is 1. The molecule has 190 valence electrons. The second-order valence-electron chi connectivity index (χ2n) is 8.72. The Morgan fingerprint density at radius 2 is 1.83 bits per heavy atom. The van der Waals surface area contributed by atoms with E-state index < -0.39 is 6.04 Å². The summed E-state index contributed by atoms with van der Waals surface area (Å²) in [4.78, 5) is 40.9. The van der Waals surface area contributed by atoms with Crippen molar-refractivity contribution in [1.29, 1.82) is 0 Å². The average Bonchev–Trinajstić information content (AvgIpc) is 3.55. The van der Waals surface area contributed by atoms with Crippen LogP contribution in [0.2, 0.25) is 0 Å². The van der Waals surface area contributed by atoms with Crippen LogP contribution in [0, 0.1) is 6.92 Å². The van der Waals surface area contributed by atoms with Crippen LogP contribution in [0.25, 0.3) is 0 Å². The van der Waals surface area contributed by atoms with Gasteiger partial charge in [0.25, 0.3) is 5.91 Å². The van der Waals surface area contributed by atoms with Crippen molar-refractivity contribution >= 4 is 41.0 Å². The van der Waals surface area contributed by atoms with E-state index in [4.69, 9.17) is 8.94 Å². The monoisotopic (exact) mass is 510 g/mol. The molecule has 1 fully saturated rings. The Balaban J connectivity index is 1.53. The number of aromatic nitrogens is 1. The van der Waals surface area contributed by atoms with Gasteiger partial charge in [-0.15, -0.1) is 11.8 Å². The molecule has 2 heterocycles. The third kappa shape index (κ3) is 6.78. The number of thioether (sulfide) groups is 1. The number of carbonyl (C=O) groups is 3. The van der Waals surface area contributed by atoms with Gasteiger partial charge in [-0.2, -0.15) is 0 Å². The van der Waals surface area contributed by atoms with E-state index in [2.05, 4.69) is 15.8 Å². The molecule has 3 aromatic rings. The molecule has 0 radical (unpaired) electrons. The van der Waals surface area contributed by atoms with Crippen molar-refractivity contribution in [3.63, 3.8) is 0 Å². The highest BCUT2D eigenvalue weighted by atomic mass is 32.2. The molecule has 2 N–H and O–H groups in total. The molecule has 1 saturated carbocycles. The molecule has 0 spiro atoms. The van der Waals surface area contributed by atoms with Crippen molar-refractivity contribution in [3.05, 3.63) is 66.3 Å². The van der Waals surface area contributed by atoms with E-state index in [1.165, 1.54) is 23.7 Å². The largest absolute Gasteiger partial charge is 0.464 e. The molecule has 0 saturated heterocycles. The van der Waals surface area contributed by atoms with Crippen LogP contribution in [0.3, 0.4) is 0 Å². The summed E-state index contributed by atoms with van der Waals surface area (Å²) in [6.45, 7) is 1.80. The predicted molar refractivity (Wildman–Crippen MR) is 138 cm³/mol. The second kappa shape index (κ2) is 12.4. The first-order valence-electron chi connectivity index (χ1n) is 12.0. The molecule has 1 aliphatic carbocycles. The standard InChI is InChI=1S/C26H30N4O5S/c1-18-12-13-21(35-18)25(26(33)27-19-8-4-2-5-9-19)30(20-10-6-3-7-11-20)24(32)17-36-16-23(31)28-22-14-15-34-29-22/h3,6-7,10-15,19,25H,2,4-5,8-9,16-17H2,1H3,(H,27,33)(H,28,29,31). The van der Waals surface area contributed by atoms with Crippen LogP contribution in [-0.2, 0) is 14.4 Å². The summed E-state index contributed by atoms with van der Waals surface area (Å²) in [6, 6.07) is 13.2. The maximum atomic E-state index is 13.6. The van der Waals surface area contributed by atoms with Crippen LogP contribution in [0.4, 0.5) is 11.5 Å². The van der Waals surface area contributed by atoms with Gasteiger partial charge in [0.1, 0.15) is 17.8 Å². The summed E-state index contributed by atoms with van der Waals surface area (Å²) in [5, 5.41) is 9.40. The summed E-state index contributed by atoms with van der Waals surface area (Å²) in [6.07, 6.45) is 6.52. The molecule has 1 aliphatic rings. The number of aryl methyl sites for hydroxylation is 1. The molecule has 4 rings (SSSR count). The molecular formula is C26H30N4O5S.